The van der Waals surface area contributed by atoms with E-state index < -0.39 is 17.5 Å². The van der Waals surface area contributed by atoms with Gasteiger partial charge in [-0.1, -0.05) is 0 Å². The van der Waals surface area contributed by atoms with Gasteiger partial charge in [0.25, 0.3) is 0 Å². The summed E-state index contributed by atoms with van der Waals surface area (Å²) in [6, 6.07) is 0. The van der Waals surface area contributed by atoms with Crippen LogP contribution in [0.4, 0.5) is 0 Å². The minimum absolute atomic E-state index is 0.447. The Labute approximate surface area is 53.0 Å². The maximum atomic E-state index is 10.3. The number of Topliss-reactive ketones (excluding diaryl/α,β-unsaturated/α-hetero) is 2. The van der Waals surface area contributed by atoms with E-state index in [2.05, 4.69) is 0 Å². The third-order valence-electron chi connectivity index (χ3n) is 0.931. The average molecular weight is 127 g/mol. The maximum absolute atomic E-state index is 10.3. The van der Waals surface area contributed by atoms with Gasteiger partial charge in [-0.15, -0.1) is 0 Å². The van der Waals surface area contributed by atoms with Crippen LogP contribution in [0.5, 0.6) is 0 Å². The standard InChI is InChI=1S/C6H7O3/c1-4(8)6(3-7)5(2)9/h6H,1-2H3. The molecule has 0 heterocycles. The molecule has 0 atom stereocenters. The van der Waals surface area contributed by atoms with E-state index >= 15 is 0 Å². The Kier molecular flexibility index (Phi) is 2.78. The highest BCUT2D eigenvalue weighted by atomic mass is 16.2. The number of hydrogen-bond donors (Lipinski definition) is 0. The molecule has 0 fully saturated rings. The van der Waals surface area contributed by atoms with E-state index in [0.29, 0.717) is 0 Å². The smallest absolute Gasteiger partial charge is 0.217 e. The lowest BCUT2D eigenvalue weighted by Gasteiger charge is -1.95. The monoisotopic (exact) mass is 127 g/mol. The number of carbonyl (C=O) groups is 2. The fraction of sp³-hybridized carbons (Fsp3) is 0.500. The molecule has 0 aliphatic heterocycles. The van der Waals surface area contributed by atoms with Gasteiger partial charge in [0.2, 0.25) is 6.29 Å². The summed E-state index contributed by atoms with van der Waals surface area (Å²) in [6.07, 6.45) is 1.35. The average Bonchev–Trinajstić information content (AvgIpc) is 1.64. The van der Waals surface area contributed by atoms with Crippen molar-refractivity contribution in [1.29, 1.82) is 0 Å². The fourth-order valence-corrected chi connectivity index (χ4v) is 0.452. The van der Waals surface area contributed by atoms with Gasteiger partial charge in [0.15, 0.2) is 0 Å². The molecular weight excluding hydrogens is 120 g/mol. The Morgan fingerprint density at radius 3 is 1.56 bits per heavy atom. The summed E-state index contributed by atoms with van der Waals surface area (Å²) in [5.41, 5.74) is 0. The van der Waals surface area contributed by atoms with Crippen molar-refractivity contribution in [1.82, 2.24) is 0 Å². The summed E-state index contributed by atoms with van der Waals surface area (Å²) in [7, 11) is 0. The van der Waals surface area contributed by atoms with E-state index in [9.17, 15) is 14.4 Å². The molecule has 49 valence electrons. The topological polar surface area (TPSA) is 51.2 Å². The minimum Gasteiger partial charge on any atom is -0.299 e. The van der Waals surface area contributed by atoms with Crippen molar-refractivity contribution in [2.24, 2.45) is 5.92 Å². The zero-order valence-corrected chi connectivity index (χ0v) is 5.30. The molecule has 0 aliphatic rings. The number of hydrogen-bond acceptors (Lipinski definition) is 3. The Morgan fingerprint density at radius 1 is 1.22 bits per heavy atom. The van der Waals surface area contributed by atoms with Gasteiger partial charge in [-0.3, -0.25) is 14.4 Å². The number of ketones is 2. The first-order chi connectivity index (χ1) is 4.09. The minimum atomic E-state index is -1.16. The zero-order chi connectivity index (χ0) is 7.44. The number of carbonyl (C=O) groups excluding carboxylic acids is 3. The van der Waals surface area contributed by atoms with Crippen LogP contribution in [-0.2, 0) is 14.4 Å². The third kappa shape index (κ3) is 2.17. The summed E-state index contributed by atoms with van der Waals surface area (Å²) in [5, 5.41) is 0. The van der Waals surface area contributed by atoms with Crippen molar-refractivity contribution >= 4 is 17.9 Å². The van der Waals surface area contributed by atoms with E-state index in [4.69, 9.17) is 0 Å². The Hall–Kier alpha value is -0.990. The first-order valence-corrected chi connectivity index (χ1v) is 2.48. The van der Waals surface area contributed by atoms with Gasteiger partial charge >= 0.3 is 0 Å². The normalized spacial score (nSPS) is 9.22. The highest BCUT2D eigenvalue weighted by Gasteiger charge is 2.18. The van der Waals surface area contributed by atoms with Crippen LogP contribution >= 0.6 is 0 Å². The van der Waals surface area contributed by atoms with Gasteiger partial charge in [-0.25, -0.2) is 0 Å². The molecule has 0 unspecified atom stereocenters. The second-order valence-corrected chi connectivity index (χ2v) is 1.77. The predicted molar refractivity (Wildman–Crippen MR) is 30.5 cm³/mol. The fourth-order valence-electron chi connectivity index (χ4n) is 0.452. The van der Waals surface area contributed by atoms with Gasteiger partial charge < -0.3 is 0 Å². The highest BCUT2D eigenvalue weighted by molar-refractivity contribution is 6.11. The van der Waals surface area contributed by atoms with Crippen molar-refractivity contribution in [2.45, 2.75) is 13.8 Å². The Morgan fingerprint density at radius 2 is 1.56 bits per heavy atom. The summed E-state index contributed by atoms with van der Waals surface area (Å²) >= 11 is 0. The van der Waals surface area contributed by atoms with Crippen LogP contribution in [0.3, 0.4) is 0 Å². The predicted octanol–water partition coefficient (Wildman–Crippen LogP) is -0.110. The Bertz CT molecular complexity index is 134. The Balaban J connectivity index is 4.16. The maximum Gasteiger partial charge on any atom is 0.217 e. The van der Waals surface area contributed by atoms with Gasteiger partial charge in [0.1, 0.15) is 17.5 Å². The molecule has 0 aromatic rings. The largest absolute Gasteiger partial charge is 0.299 e. The van der Waals surface area contributed by atoms with Crippen LogP contribution in [-0.4, -0.2) is 17.9 Å². The van der Waals surface area contributed by atoms with Crippen molar-refractivity contribution in [2.75, 3.05) is 0 Å². The van der Waals surface area contributed by atoms with Gasteiger partial charge in [0.05, 0.1) is 0 Å². The van der Waals surface area contributed by atoms with E-state index in [0.717, 1.165) is 0 Å². The van der Waals surface area contributed by atoms with Crippen LogP contribution in [0.15, 0.2) is 0 Å². The SMILES string of the molecule is CC(=O)C([C]=O)C(C)=O. The molecule has 0 aromatic heterocycles. The second kappa shape index (κ2) is 3.12. The zero-order valence-electron chi connectivity index (χ0n) is 5.30. The van der Waals surface area contributed by atoms with E-state index in [-0.39, 0.29) is 0 Å². The molecule has 0 bridgehead atoms. The summed E-state index contributed by atoms with van der Waals surface area (Å²) in [4.78, 5) is 30.5. The number of rotatable bonds is 3. The van der Waals surface area contributed by atoms with Gasteiger partial charge in [0, 0.05) is 0 Å². The van der Waals surface area contributed by atoms with Crippen LogP contribution in [0.2, 0.25) is 0 Å². The van der Waals surface area contributed by atoms with Crippen molar-refractivity contribution < 1.29 is 14.4 Å². The lowest BCUT2D eigenvalue weighted by atomic mass is 10.0. The van der Waals surface area contributed by atoms with Gasteiger partial charge in [-0.2, -0.15) is 0 Å². The van der Waals surface area contributed by atoms with E-state index in [1.807, 2.05) is 0 Å². The second-order valence-electron chi connectivity index (χ2n) is 1.77. The van der Waals surface area contributed by atoms with E-state index in [1.54, 1.807) is 0 Å². The van der Waals surface area contributed by atoms with Gasteiger partial charge in [-0.05, 0) is 13.8 Å². The van der Waals surface area contributed by atoms with Crippen molar-refractivity contribution in [3.05, 3.63) is 0 Å². The molecule has 0 saturated heterocycles. The molecular formula is C6H7O3. The van der Waals surface area contributed by atoms with Crippen molar-refractivity contribution in [3.63, 3.8) is 0 Å². The molecule has 1 radical (unpaired) electrons. The van der Waals surface area contributed by atoms with Crippen LogP contribution in [0, 0.1) is 5.92 Å². The van der Waals surface area contributed by atoms with E-state index in [1.165, 1.54) is 20.1 Å². The highest BCUT2D eigenvalue weighted by Crippen LogP contribution is 1.93. The molecule has 0 spiro atoms. The van der Waals surface area contributed by atoms with Crippen LogP contribution in [0.1, 0.15) is 13.8 Å². The quantitative estimate of drug-likeness (QED) is 0.497. The summed E-state index contributed by atoms with van der Waals surface area (Å²) < 4.78 is 0. The molecule has 9 heavy (non-hydrogen) atoms. The summed E-state index contributed by atoms with van der Waals surface area (Å²) in [6.45, 7) is 2.38. The molecule has 0 rings (SSSR count). The third-order valence-corrected chi connectivity index (χ3v) is 0.931. The lowest BCUT2D eigenvalue weighted by Crippen LogP contribution is -2.20. The van der Waals surface area contributed by atoms with Crippen LogP contribution in [0.25, 0.3) is 0 Å². The molecule has 0 aromatic carbocycles. The van der Waals surface area contributed by atoms with Crippen LogP contribution < -0.4 is 0 Å². The lowest BCUT2D eigenvalue weighted by molar-refractivity contribution is -0.127. The molecule has 0 amide bonds. The first-order valence-electron chi connectivity index (χ1n) is 2.48. The molecule has 3 heteroatoms. The molecule has 0 N–H and O–H groups in total. The van der Waals surface area contributed by atoms with Crippen molar-refractivity contribution in [3.8, 4) is 0 Å². The molecule has 3 nitrogen and oxygen atoms in total. The molecule has 0 aliphatic carbocycles. The molecule has 0 saturated carbocycles. The summed E-state index contributed by atoms with van der Waals surface area (Å²) in [5.74, 6) is -2.06. The first kappa shape index (κ1) is 8.01.